The van der Waals surface area contributed by atoms with Crippen LogP contribution in [0.1, 0.15) is 37.1 Å². The maximum absolute atomic E-state index is 12.9. The molecule has 1 saturated carbocycles. The lowest BCUT2D eigenvalue weighted by atomic mass is 10.1. The molecule has 1 heterocycles. The first-order chi connectivity index (χ1) is 13.2. The molecule has 1 aliphatic carbocycles. The summed E-state index contributed by atoms with van der Waals surface area (Å²) in [7, 11) is 3.34. The molecule has 0 atom stereocenters. The topological polar surface area (TPSA) is 56.6 Å². The number of amides is 1. The number of aromatic nitrogens is 2. The van der Waals surface area contributed by atoms with E-state index in [2.05, 4.69) is 21.7 Å². The maximum Gasteiger partial charge on any atom is 0.226 e. The van der Waals surface area contributed by atoms with Gasteiger partial charge in [-0.3, -0.25) is 4.79 Å². The van der Waals surface area contributed by atoms with Gasteiger partial charge in [0.25, 0.3) is 0 Å². The summed E-state index contributed by atoms with van der Waals surface area (Å²) < 4.78 is 12.5. The molecule has 1 amide bonds. The third-order valence-corrected chi connectivity index (χ3v) is 5.23. The number of hydrogen-bond donors (Lipinski definition) is 0. The van der Waals surface area contributed by atoms with Crippen molar-refractivity contribution in [2.45, 2.75) is 38.8 Å². The molecule has 0 bridgehead atoms. The van der Waals surface area contributed by atoms with Crippen LogP contribution in [0.15, 0.2) is 36.7 Å². The van der Waals surface area contributed by atoms with Gasteiger partial charge in [0.1, 0.15) is 11.6 Å². The van der Waals surface area contributed by atoms with E-state index in [1.54, 1.807) is 20.4 Å². The number of methoxy groups -OCH3 is 2. The van der Waals surface area contributed by atoms with Gasteiger partial charge in [-0.1, -0.05) is 25.0 Å². The fraction of sp³-hybridized carbons (Fsp3) is 0.524. The van der Waals surface area contributed by atoms with E-state index in [0.717, 1.165) is 43.8 Å². The molecule has 1 aromatic heterocycles. The summed E-state index contributed by atoms with van der Waals surface area (Å²) in [6, 6.07) is 8.02. The van der Waals surface area contributed by atoms with Gasteiger partial charge in [0.15, 0.2) is 0 Å². The van der Waals surface area contributed by atoms with Crippen LogP contribution in [-0.4, -0.2) is 47.7 Å². The molecule has 27 heavy (non-hydrogen) atoms. The van der Waals surface area contributed by atoms with Crippen molar-refractivity contribution in [2.24, 2.45) is 5.92 Å². The monoisotopic (exact) mass is 371 g/mol. The summed E-state index contributed by atoms with van der Waals surface area (Å²) in [6.45, 7) is 2.37. The third-order valence-electron chi connectivity index (χ3n) is 5.23. The summed E-state index contributed by atoms with van der Waals surface area (Å²) in [6.07, 6.45) is 8.08. The van der Waals surface area contributed by atoms with Crippen LogP contribution >= 0.6 is 0 Å². The largest absolute Gasteiger partial charge is 0.497 e. The molecule has 0 spiro atoms. The molecular formula is C21H29N3O3. The van der Waals surface area contributed by atoms with Gasteiger partial charge in [-0.15, -0.1) is 0 Å². The average Bonchev–Trinajstić information content (AvgIpc) is 3.37. The van der Waals surface area contributed by atoms with Gasteiger partial charge in [-0.2, -0.15) is 0 Å². The molecule has 0 N–H and O–H groups in total. The Bertz CT molecular complexity index is 721. The molecule has 2 aromatic rings. The van der Waals surface area contributed by atoms with Gasteiger partial charge in [0.2, 0.25) is 5.91 Å². The average molecular weight is 371 g/mol. The highest BCUT2D eigenvalue weighted by atomic mass is 16.5. The first-order valence-electron chi connectivity index (χ1n) is 9.62. The highest BCUT2D eigenvalue weighted by Gasteiger charge is 2.27. The van der Waals surface area contributed by atoms with Crippen LogP contribution in [0.25, 0.3) is 0 Å². The zero-order chi connectivity index (χ0) is 19.1. The Morgan fingerprint density at radius 1 is 1.22 bits per heavy atom. The summed E-state index contributed by atoms with van der Waals surface area (Å²) in [5, 5.41) is 0. The zero-order valence-electron chi connectivity index (χ0n) is 16.3. The SMILES string of the molecule is COCCN(Cc1nccn1Cc1ccc(OC)cc1)C(=O)C1CCCC1. The van der Waals surface area contributed by atoms with E-state index in [1.807, 2.05) is 23.2 Å². The van der Waals surface area contributed by atoms with E-state index < -0.39 is 0 Å². The van der Waals surface area contributed by atoms with Gasteiger partial charge in [0.05, 0.1) is 20.3 Å². The molecule has 0 radical (unpaired) electrons. The molecule has 6 nitrogen and oxygen atoms in total. The summed E-state index contributed by atoms with van der Waals surface area (Å²) >= 11 is 0. The van der Waals surface area contributed by atoms with Crippen LogP contribution in [0.3, 0.4) is 0 Å². The molecule has 1 fully saturated rings. The lowest BCUT2D eigenvalue weighted by molar-refractivity contribution is -0.136. The number of carbonyl (C=O) groups excluding carboxylic acids is 1. The van der Waals surface area contributed by atoms with Gasteiger partial charge in [0, 0.05) is 38.5 Å². The molecule has 6 heteroatoms. The zero-order valence-corrected chi connectivity index (χ0v) is 16.3. The summed E-state index contributed by atoms with van der Waals surface area (Å²) in [5.41, 5.74) is 1.17. The summed E-state index contributed by atoms with van der Waals surface area (Å²) in [4.78, 5) is 19.4. The third kappa shape index (κ3) is 5.10. The number of imidazole rings is 1. The lowest BCUT2D eigenvalue weighted by Gasteiger charge is -2.25. The minimum absolute atomic E-state index is 0.159. The smallest absolute Gasteiger partial charge is 0.226 e. The van der Waals surface area contributed by atoms with Gasteiger partial charge in [-0.25, -0.2) is 4.98 Å². The predicted molar refractivity (Wildman–Crippen MR) is 104 cm³/mol. The van der Waals surface area contributed by atoms with Gasteiger partial charge >= 0.3 is 0 Å². The molecule has 3 rings (SSSR count). The molecule has 0 saturated heterocycles. The van der Waals surface area contributed by atoms with Crippen molar-refractivity contribution < 1.29 is 14.3 Å². The van der Waals surface area contributed by atoms with E-state index in [0.29, 0.717) is 19.7 Å². The van der Waals surface area contributed by atoms with Crippen LogP contribution in [0, 0.1) is 5.92 Å². The Kier molecular flexibility index (Phi) is 6.87. The Labute approximate surface area is 161 Å². The van der Waals surface area contributed by atoms with Crippen molar-refractivity contribution in [1.82, 2.24) is 14.5 Å². The highest BCUT2D eigenvalue weighted by Crippen LogP contribution is 2.27. The number of ether oxygens (including phenoxy) is 2. The second kappa shape index (κ2) is 9.55. The van der Waals surface area contributed by atoms with Crippen molar-refractivity contribution in [3.8, 4) is 5.75 Å². The quantitative estimate of drug-likeness (QED) is 0.680. The first kappa shape index (κ1) is 19.4. The number of benzene rings is 1. The van der Waals surface area contributed by atoms with Crippen LogP contribution in [0.5, 0.6) is 5.75 Å². The minimum Gasteiger partial charge on any atom is -0.497 e. The Morgan fingerprint density at radius 3 is 2.63 bits per heavy atom. The second-order valence-corrected chi connectivity index (χ2v) is 7.05. The first-order valence-corrected chi connectivity index (χ1v) is 9.62. The van der Waals surface area contributed by atoms with E-state index >= 15 is 0 Å². The highest BCUT2D eigenvalue weighted by molar-refractivity contribution is 5.79. The predicted octanol–water partition coefficient (Wildman–Crippen LogP) is 3.11. The van der Waals surface area contributed by atoms with Crippen molar-refractivity contribution in [3.05, 3.63) is 48.0 Å². The van der Waals surface area contributed by atoms with Crippen LogP contribution in [0.2, 0.25) is 0 Å². The van der Waals surface area contributed by atoms with E-state index in [-0.39, 0.29) is 11.8 Å². The standard InChI is InChI=1S/C21H29N3O3/c1-26-14-13-24(21(25)18-5-3-4-6-18)16-20-22-11-12-23(20)15-17-7-9-19(27-2)10-8-17/h7-12,18H,3-6,13-16H2,1-2H3. The second-order valence-electron chi connectivity index (χ2n) is 7.05. The normalized spacial score (nSPS) is 14.4. The van der Waals surface area contributed by atoms with Crippen LogP contribution in [0.4, 0.5) is 0 Å². The minimum atomic E-state index is 0.159. The molecule has 146 valence electrons. The van der Waals surface area contributed by atoms with Gasteiger partial charge in [-0.05, 0) is 30.5 Å². The summed E-state index contributed by atoms with van der Waals surface area (Å²) in [5.74, 6) is 2.14. The molecule has 0 unspecified atom stereocenters. The maximum atomic E-state index is 12.9. The molecule has 0 aliphatic heterocycles. The Balaban J connectivity index is 1.70. The fourth-order valence-electron chi connectivity index (χ4n) is 3.63. The fourth-order valence-corrected chi connectivity index (χ4v) is 3.63. The molecule has 1 aromatic carbocycles. The van der Waals surface area contributed by atoms with Crippen LogP contribution in [-0.2, 0) is 22.6 Å². The Hall–Kier alpha value is -2.34. The number of carbonyl (C=O) groups is 1. The number of nitrogens with zero attached hydrogens (tertiary/aromatic N) is 3. The van der Waals surface area contributed by atoms with E-state index in [1.165, 1.54) is 5.56 Å². The van der Waals surface area contributed by atoms with Gasteiger partial charge < -0.3 is 18.9 Å². The lowest BCUT2D eigenvalue weighted by Crippen LogP contribution is -2.38. The Morgan fingerprint density at radius 2 is 1.96 bits per heavy atom. The van der Waals surface area contributed by atoms with E-state index in [4.69, 9.17) is 9.47 Å². The van der Waals surface area contributed by atoms with Crippen molar-refractivity contribution in [3.63, 3.8) is 0 Å². The van der Waals surface area contributed by atoms with Crippen molar-refractivity contribution >= 4 is 5.91 Å². The number of rotatable bonds is 9. The van der Waals surface area contributed by atoms with E-state index in [9.17, 15) is 4.79 Å². The molecular weight excluding hydrogens is 342 g/mol. The van der Waals surface area contributed by atoms with Crippen molar-refractivity contribution in [2.75, 3.05) is 27.4 Å². The molecule has 1 aliphatic rings. The van der Waals surface area contributed by atoms with Crippen LogP contribution < -0.4 is 4.74 Å². The number of hydrogen-bond acceptors (Lipinski definition) is 4. The van der Waals surface area contributed by atoms with Crippen molar-refractivity contribution in [1.29, 1.82) is 0 Å².